The van der Waals surface area contributed by atoms with Crippen LogP contribution in [0.25, 0.3) is 0 Å². The third-order valence-electron chi connectivity index (χ3n) is 3.13. The first-order valence-corrected chi connectivity index (χ1v) is 5.55. The highest BCUT2D eigenvalue weighted by Gasteiger charge is 2.22. The fraction of sp³-hybridized carbons (Fsp3) is 0.667. The van der Waals surface area contributed by atoms with Crippen molar-refractivity contribution in [3.8, 4) is 5.75 Å². The molecule has 0 radical (unpaired) electrons. The number of ether oxygens (including phenoxy) is 1. The van der Waals surface area contributed by atoms with E-state index in [1.54, 1.807) is 19.5 Å². The van der Waals surface area contributed by atoms with E-state index in [-0.39, 0.29) is 5.41 Å². The van der Waals surface area contributed by atoms with Crippen molar-refractivity contribution in [3.63, 3.8) is 0 Å². The number of anilines is 1. The molecule has 0 amide bonds. The van der Waals surface area contributed by atoms with Crippen LogP contribution in [0.5, 0.6) is 5.75 Å². The summed E-state index contributed by atoms with van der Waals surface area (Å²) in [6.07, 6.45) is 3.33. The van der Waals surface area contributed by atoms with Gasteiger partial charge in [-0.05, 0) is 11.3 Å². The van der Waals surface area contributed by atoms with Crippen molar-refractivity contribution in [2.45, 2.75) is 27.7 Å². The molecule has 0 spiro atoms. The van der Waals surface area contributed by atoms with Crippen LogP contribution in [0.2, 0.25) is 0 Å². The van der Waals surface area contributed by atoms with E-state index in [9.17, 15) is 0 Å². The van der Waals surface area contributed by atoms with Crippen LogP contribution in [0.1, 0.15) is 27.7 Å². The van der Waals surface area contributed by atoms with Gasteiger partial charge in [0.15, 0.2) is 5.75 Å². The molecular formula is C12H21N3O. The molecule has 0 atom stereocenters. The van der Waals surface area contributed by atoms with E-state index in [0.29, 0.717) is 17.6 Å². The van der Waals surface area contributed by atoms with E-state index in [4.69, 9.17) is 4.74 Å². The number of aromatic nitrogens is 2. The molecule has 1 heterocycles. The van der Waals surface area contributed by atoms with Gasteiger partial charge in [-0.1, -0.05) is 27.7 Å². The zero-order chi connectivity index (χ0) is 12.2. The number of hydrogen-bond acceptors (Lipinski definition) is 4. The molecule has 0 aromatic carbocycles. The summed E-state index contributed by atoms with van der Waals surface area (Å²) in [6.45, 7) is 9.76. The summed E-state index contributed by atoms with van der Waals surface area (Å²) in [6, 6.07) is 0. The molecule has 0 aliphatic carbocycles. The largest absolute Gasteiger partial charge is 0.494 e. The molecule has 1 N–H and O–H groups in total. The number of methoxy groups -OCH3 is 1. The zero-order valence-electron chi connectivity index (χ0n) is 10.7. The summed E-state index contributed by atoms with van der Waals surface area (Å²) < 4.78 is 5.00. The fourth-order valence-electron chi connectivity index (χ4n) is 1.02. The molecule has 90 valence electrons. The van der Waals surface area contributed by atoms with Gasteiger partial charge in [0.1, 0.15) is 0 Å². The highest BCUT2D eigenvalue weighted by atomic mass is 16.5. The van der Waals surface area contributed by atoms with Crippen LogP contribution in [0.15, 0.2) is 12.4 Å². The van der Waals surface area contributed by atoms with Gasteiger partial charge >= 0.3 is 0 Å². The van der Waals surface area contributed by atoms with Crippen molar-refractivity contribution in [2.75, 3.05) is 19.0 Å². The Kier molecular flexibility index (Phi) is 4.10. The van der Waals surface area contributed by atoms with Gasteiger partial charge in [-0.3, -0.25) is 0 Å². The molecule has 4 nitrogen and oxygen atoms in total. The van der Waals surface area contributed by atoms with Crippen molar-refractivity contribution in [2.24, 2.45) is 11.3 Å². The van der Waals surface area contributed by atoms with Crippen LogP contribution in [0.4, 0.5) is 5.95 Å². The average molecular weight is 223 g/mol. The second kappa shape index (κ2) is 5.14. The lowest BCUT2D eigenvalue weighted by molar-refractivity contribution is 0.269. The van der Waals surface area contributed by atoms with Gasteiger partial charge in [-0.2, -0.15) is 0 Å². The Morgan fingerprint density at radius 2 is 1.88 bits per heavy atom. The van der Waals surface area contributed by atoms with Gasteiger partial charge < -0.3 is 10.1 Å². The first kappa shape index (κ1) is 12.7. The highest BCUT2D eigenvalue weighted by Crippen LogP contribution is 2.25. The lowest BCUT2D eigenvalue weighted by Gasteiger charge is -2.29. The Morgan fingerprint density at radius 1 is 1.31 bits per heavy atom. The third kappa shape index (κ3) is 3.36. The number of nitrogens with zero attached hydrogens (tertiary/aromatic N) is 2. The number of nitrogens with one attached hydrogen (secondary N) is 1. The quantitative estimate of drug-likeness (QED) is 0.833. The Hall–Kier alpha value is -1.32. The Bertz CT molecular complexity index is 320. The van der Waals surface area contributed by atoms with E-state index in [1.165, 1.54) is 0 Å². The molecule has 0 aliphatic heterocycles. The van der Waals surface area contributed by atoms with Crippen LogP contribution in [-0.2, 0) is 0 Å². The van der Waals surface area contributed by atoms with Gasteiger partial charge in [0.25, 0.3) is 0 Å². The van der Waals surface area contributed by atoms with Crippen molar-refractivity contribution in [1.82, 2.24) is 9.97 Å². The third-order valence-corrected chi connectivity index (χ3v) is 3.13. The van der Waals surface area contributed by atoms with E-state index in [2.05, 4.69) is 43.0 Å². The molecule has 4 heteroatoms. The molecule has 0 aliphatic rings. The van der Waals surface area contributed by atoms with Gasteiger partial charge in [0, 0.05) is 6.54 Å². The first-order chi connectivity index (χ1) is 7.45. The smallest absolute Gasteiger partial charge is 0.222 e. The summed E-state index contributed by atoms with van der Waals surface area (Å²) in [5.74, 6) is 1.93. The normalized spacial score (nSPS) is 11.6. The minimum absolute atomic E-state index is 0.225. The van der Waals surface area contributed by atoms with E-state index in [1.807, 2.05) is 0 Å². The van der Waals surface area contributed by atoms with Crippen LogP contribution >= 0.6 is 0 Å². The maximum Gasteiger partial charge on any atom is 0.222 e. The maximum atomic E-state index is 5.00. The molecule has 0 saturated carbocycles. The van der Waals surface area contributed by atoms with Crippen LogP contribution in [0.3, 0.4) is 0 Å². The van der Waals surface area contributed by atoms with Gasteiger partial charge in [-0.15, -0.1) is 0 Å². The number of hydrogen-bond donors (Lipinski definition) is 1. The SMILES string of the molecule is COc1cnc(NCC(C)(C)C(C)C)nc1. The second-order valence-corrected chi connectivity index (χ2v) is 4.94. The monoisotopic (exact) mass is 223 g/mol. The summed E-state index contributed by atoms with van der Waals surface area (Å²) in [5, 5.41) is 3.24. The molecule has 0 fully saturated rings. The summed E-state index contributed by atoms with van der Waals surface area (Å²) >= 11 is 0. The van der Waals surface area contributed by atoms with Crippen LogP contribution < -0.4 is 10.1 Å². The molecule has 0 saturated heterocycles. The highest BCUT2D eigenvalue weighted by molar-refractivity contribution is 5.27. The average Bonchev–Trinajstić information content (AvgIpc) is 2.27. The fourth-order valence-corrected chi connectivity index (χ4v) is 1.02. The minimum atomic E-state index is 0.225. The van der Waals surface area contributed by atoms with Crippen molar-refractivity contribution >= 4 is 5.95 Å². The van der Waals surface area contributed by atoms with Crippen LogP contribution in [0, 0.1) is 11.3 Å². The van der Waals surface area contributed by atoms with Gasteiger partial charge in [0.2, 0.25) is 5.95 Å². The number of rotatable bonds is 5. The molecule has 0 bridgehead atoms. The molecule has 16 heavy (non-hydrogen) atoms. The van der Waals surface area contributed by atoms with Crippen molar-refractivity contribution < 1.29 is 4.74 Å². The summed E-state index contributed by atoms with van der Waals surface area (Å²) in [5.41, 5.74) is 0.225. The van der Waals surface area contributed by atoms with E-state index >= 15 is 0 Å². The summed E-state index contributed by atoms with van der Waals surface area (Å²) in [7, 11) is 1.60. The topological polar surface area (TPSA) is 47.0 Å². The van der Waals surface area contributed by atoms with E-state index in [0.717, 1.165) is 6.54 Å². The first-order valence-electron chi connectivity index (χ1n) is 5.55. The van der Waals surface area contributed by atoms with Gasteiger partial charge in [-0.25, -0.2) is 9.97 Å². The van der Waals surface area contributed by atoms with Crippen LogP contribution in [-0.4, -0.2) is 23.6 Å². The molecular weight excluding hydrogens is 202 g/mol. The molecule has 1 rings (SSSR count). The molecule has 1 aromatic rings. The predicted octanol–water partition coefficient (Wildman–Crippen LogP) is 2.58. The standard InChI is InChI=1S/C12H21N3O/c1-9(2)12(3,4)8-15-11-13-6-10(16-5)7-14-11/h6-7,9H,8H2,1-5H3,(H,13,14,15). The van der Waals surface area contributed by atoms with Crippen molar-refractivity contribution in [1.29, 1.82) is 0 Å². The second-order valence-electron chi connectivity index (χ2n) is 4.94. The van der Waals surface area contributed by atoms with Gasteiger partial charge in [0.05, 0.1) is 19.5 Å². The maximum absolute atomic E-state index is 5.00. The minimum Gasteiger partial charge on any atom is -0.494 e. The Morgan fingerprint density at radius 3 is 2.31 bits per heavy atom. The molecule has 0 unspecified atom stereocenters. The zero-order valence-corrected chi connectivity index (χ0v) is 10.7. The summed E-state index contributed by atoms with van der Waals surface area (Å²) in [4.78, 5) is 8.33. The van der Waals surface area contributed by atoms with E-state index < -0.39 is 0 Å². The lowest BCUT2D eigenvalue weighted by Crippen LogP contribution is -2.29. The lowest BCUT2D eigenvalue weighted by atomic mass is 9.81. The Labute approximate surface area is 97.5 Å². The Balaban J connectivity index is 2.54. The predicted molar refractivity (Wildman–Crippen MR) is 65.7 cm³/mol. The molecule has 1 aromatic heterocycles. The van der Waals surface area contributed by atoms with Crippen molar-refractivity contribution in [3.05, 3.63) is 12.4 Å².